The van der Waals surface area contributed by atoms with Crippen LogP contribution in [0.2, 0.25) is 0 Å². The monoisotopic (exact) mass is 256 g/mol. The van der Waals surface area contributed by atoms with Crippen LogP contribution in [0.5, 0.6) is 0 Å². The number of rotatable bonds is 9. The second-order valence-corrected chi connectivity index (χ2v) is 5.33. The van der Waals surface area contributed by atoms with Gasteiger partial charge in [0.15, 0.2) is 0 Å². The van der Waals surface area contributed by atoms with Gasteiger partial charge in [-0.15, -0.1) is 0 Å². The molecule has 4 nitrogen and oxygen atoms in total. The minimum Gasteiger partial charge on any atom is -0.465 e. The third-order valence-electron chi connectivity index (χ3n) is 3.24. The van der Waals surface area contributed by atoms with Crippen LogP contribution in [0.15, 0.2) is 0 Å². The van der Waals surface area contributed by atoms with Crippen LogP contribution in [-0.2, 0) is 9.53 Å². The molecule has 0 spiro atoms. The summed E-state index contributed by atoms with van der Waals surface area (Å²) >= 11 is 0. The van der Waals surface area contributed by atoms with E-state index in [0.29, 0.717) is 18.7 Å². The minimum atomic E-state index is -0.175. The lowest BCUT2D eigenvalue weighted by atomic mass is 10.2. The van der Waals surface area contributed by atoms with E-state index in [4.69, 9.17) is 4.74 Å². The zero-order valence-electron chi connectivity index (χ0n) is 12.2. The van der Waals surface area contributed by atoms with Crippen molar-refractivity contribution in [3.05, 3.63) is 0 Å². The summed E-state index contributed by atoms with van der Waals surface area (Å²) in [4.78, 5) is 14.3. The number of nitrogens with one attached hydrogen (secondary N) is 1. The maximum absolute atomic E-state index is 12.0. The van der Waals surface area contributed by atoms with Crippen molar-refractivity contribution in [2.75, 3.05) is 19.7 Å². The Morgan fingerprint density at radius 3 is 2.50 bits per heavy atom. The molecule has 18 heavy (non-hydrogen) atoms. The highest BCUT2D eigenvalue weighted by atomic mass is 16.5. The van der Waals surface area contributed by atoms with Crippen LogP contribution < -0.4 is 5.32 Å². The van der Waals surface area contributed by atoms with Gasteiger partial charge in [0.1, 0.15) is 6.04 Å². The van der Waals surface area contributed by atoms with Gasteiger partial charge in [0, 0.05) is 18.6 Å². The number of ether oxygens (including phenoxy) is 1. The summed E-state index contributed by atoms with van der Waals surface area (Å²) in [6.07, 6.45) is 3.48. The predicted molar refractivity (Wildman–Crippen MR) is 73.6 cm³/mol. The van der Waals surface area contributed by atoms with E-state index in [1.165, 1.54) is 12.8 Å². The van der Waals surface area contributed by atoms with E-state index in [2.05, 4.69) is 31.0 Å². The number of esters is 1. The maximum atomic E-state index is 12.0. The molecule has 0 amide bonds. The minimum absolute atomic E-state index is 0.105. The summed E-state index contributed by atoms with van der Waals surface area (Å²) in [5.74, 6) is -0.105. The molecule has 1 atom stereocenters. The highest BCUT2D eigenvalue weighted by molar-refractivity contribution is 5.76. The molecule has 0 saturated heterocycles. The predicted octanol–water partition coefficient (Wildman–Crippen LogP) is 1.79. The van der Waals surface area contributed by atoms with Crippen LogP contribution in [0.1, 0.15) is 47.0 Å². The van der Waals surface area contributed by atoms with Gasteiger partial charge in [0.05, 0.1) is 6.61 Å². The molecule has 0 aliphatic heterocycles. The average molecular weight is 256 g/mol. The smallest absolute Gasteiger partial charge is 0.324 e. The number of carbonyl (C=O) groups is 1. The fourth-order valence-corrected chi connectivity index (χ4v) is 2.05. The third kappa shape index (κ3) is 5.36. The summed E-state index contributed by atoms with van der Waals surface area (Å²) in [6, 6.07) is 0.810. The number of carbonyl (C=O) groups excluding carboxylic acids is 1. The summed E-state index contributed by atoms with van der Waals surface area (Å²) in [7, 11) is 0. The van der Waals surface area contributed by atoms with Gasteiger partial charge >= 0.3 is 5.97 Å². The molecule has 1 aliphatic carbocycles. The van der Waals surface area contributed by atoms with Crippen LogP contribution in [0.3, 0.4) is 0 Å². The molecule has 1 unspecified atom stereocenters. The van der Waals surface area contributed by atoms with Gasteiger partial charge in [-0.2, -0.15) is 0 Å². The summed E-state index contributed by atoms with van der Waals surface area (Å²) in [5.41, 5.74) is 0. The molecular formula is C14H28N2O2. The largest absolute Gasteiger partial charge is 0.465 e. The van der Waals surface area contributed by atoms with Gasteiger partial charge in [-0.25, -0.2) is 0 Å². The third-order valence-corrected chi connectivity index (χ3v) is 3.24. The highest BCUT2D eigenvalue weighted by Crippen LogP contribution is 2.20. The van der Waals surface area contributed by atoms with Gasteiger partial charge in [-0.05, 0) is 46.6 Å². The molecule has 0 aromatic carbocycles. The first kappa shape index (κ1) is 15.4. The first-order chi connectivity index (χ1) is 8.58. The molecule has 106 valence electrons. The molecule has 1 fully saturated rings. The zero-order chi connectivity index (χ0) is 13.5. The Kier molecular flexibility index (Phi) is 6.65. The molecule has 0 aromatic rings. The molecule has 1 rings (SSSR count). The SMILES string of the molecule is CCCN(CC(NC1CC1)C(=O)OCC)C(C)C. The average Bonchev–Trinajstić information content (AvgIpc) is 3.11. The van der Waals surface area contributed by atoms with Gasteiger partial charge in [0.2, 0.25) is 0 Å². The molecule has 1 saturated carbocycles. The Morgan fingerprint density at radius 1 is 1.39 bits per heavy atom. The zero-order valence-corrected chi connectivity index (χ0v) is 12.2. The van der Waals surface area contributed by atoms with Crippen LogP contribution in [0, 0.1) is 0 Å². The van der Waals surface area contributed by atoms with E-state index < -0.39 is 0 Å². The Hall–Kier alpha value is -0.610. The number of nitrogens with zero attached hydrogens (tertiary/aromatic N) is 1. The fourth-order valence-electron chi connectivity index (χ4n) is 2.05. The van der Waals surface area contributed by atoms with Crippen molar-refractivity contribution in [2.24, 2.45) is 0 Å². The lowest BCUT2D eigenvalue weighted by Crippen LogP contribution is -2.49. The Morgan fingerprint density at radius 2 is 2.06 bits per heavy atom. The van der Waals surface area contributed by atoms with Crippen molar-refractivity contribution >= 4 is 5.97 Å². The lowest BCUT2D eigenvalue weighted by Gasteiger charge is -2.30. The van der Waals surface area contributed by atoms with E-state index in [9.17, 15) is 4.79 Å². The molecule has 0 bridgehead atoms. The quantitative estimate of drug-likeness (QED) is 0.639. The van der Waals surface area contributed by atoms with Crippen LogP contribution in [0.4, 0.5) is 0 Å². The number of hydrogen-bond acceptors (Lipinski definition) is 4. The Bertz CT molecular complexity index is 252. The molecule has 0 aromatic heterocycles. The van der Waals surface area contributed by atoms with E-state index in [1.807, 2.05) is 6.92 Å². The summed E-state index contributed by atoms with van der Waals surface area (Å²) in [6.45, 7) is 10.6. The standard InChI is InChI=1S/C14H28N2O2/c1-5-9-16(11(3)4)10-13(14(17)18-6-2)15-12-7-8-12/h11-13,15H,5-10H2,1-4H3. The molecule has 1 N–H and O–H groups in total. The van der Waals surface area contributed by atoms with Crippen molar-refractivity contribution in [3.63, 3.8) is 0 Å². The molecule has 1 aliphatic rings. The Labute approximate surface area is 111 Å². The molecule has 4 heteroatoms. The van der Waals surface area contributed by atoms with Crippen LogP contribution in [0.25, 0.3) is 0 Å². The van der Waals surface area contributed by atoms with E-state index in [0.717, 1.165) is 19.5 Å². The van der Waals surface area contributed by atoms with Gasteiger partial charge in [-0.3, -0.25) is 9.69 Å². The first-order valence-corrected chi connectivity index (χ1v) is 7.25. The Balaban J connectivity index is 2.53. The normalized spacial score (nSPS) is 17.2. The topological polar surface area (TPSA) is 41.6 Å². The summed E-state index contributed by atoms with van der Waals surface area (Å²) < 4.78 is 5.16. The van der Waals surface area contributed by atoms with Crippen molar-refractivity contribution in [1.82, 2.24) is 10.2 Å². The second kappa shape index (κ2) is 7.74. The van der Waals surface area contributed by atoms with E-state index in [-0.39, 0.29) is 12.0 Å². The van der Waals surface area contributed by atoms with Crippen molar-refractivity contribution < 1.29 is 9.53 Å². The van der Waals surface area contributed by atoms with Gasteiger partial charge < -0.3 is 10.1 Å². The van der Waals surface area contributed by atoms with E-state index >= 15 is 0 Å². The maximum Gasteiger partial charge on any atom is 0.324 e. The lowest BCUT2D eigenvalue weighted by molar-refractivity contribution is -0.146. The summed E-state index contributed by atoms with van der Waals surface area (Å²) in [5, 5.41) is 3.40. The van der Waals surface area contributed by atoms with Crippen molar-refractivity contribution in [3.8, 4) is 0 Å². The molecular weight excluding hydrogens is 228 g/mol. The van der Waals surface area contributed by atoms with Crippen LogP contribution in [-0.4, -0.2) is 48.7 Å². The van der Waals surface area contributed by atoms with E-state index in [1.54, 1.807) is 0 Å². The first-order valence-electron chi connectivity index (χ1n) is 7.25. The van der Waals surface area contributed by atoms with Crippen LogP contribution >= 0.6 is 0 Å². The number of hydrogen-bond donors (Lipinski definition) is 1. The van der Waals surface area contributed by atoms with Crippen molar-refractivity contribution in [1.29, 1.82) is 0 Å². The molecule has 0 radical (unpaired) electrons. The van der Waals surface area contributed by atoms with Gasteiger partial charge in [-0.1, -0.05) is 6.92 Å². The molecule has 0 heterocycles. The highest BCUT2D eigenvalue weighted by Gasteiger charge is 2.30. The van der Waals surface area contributed by atoms with Gasteiger partial charge in [0.25, 0.3) is 0 Å². The fraction of sp³-hybridized carbons (Fsp3) is 0.929. The van der Waals surface area contributed by atoms with Crippen molar-refractivity contribution in [2.45, 2.75) is 65.1 Å². The second-order valence-electron chi connectivity index (χ2n) is 5.33.